The second kappa shape index (κ2) is 7.89. The highest BCUT2D eigenvalue weighted by atomic mass is 79.9. The van der Waals surface area contributed by atoms with E-state index in [4.69, 9.17) is 11.6 Å². The summed E-state index contributed by atoms with van der Waals surface area (Å²) in [6.45, 7) is 0. The van der Waals surface area contributed by atoms with E-state index >= 15 is 0 Å². The van der Waals surface area contributed by atoms with Crippen LogP contribution in [0.1, 0.15) is 27.7 Å². The molecule has 1 aliphatic rings. The number of benzene rings is 3. The molecule has 1 atom stereocenters. The molecule has 1 aromatic heterocycles. The normalized spacial score (nSPS) is 15.1. The molecule has 1 N–H and O–H groups in total. The van der Waals surface area contributed by atoms with E-state index in [9.17, 15) is 14.9 Å². The average molecular weight is 510 g/mol. The van der Waals surface area contributed by atoms with Crippen LogP contribution in [0.3, 0.4) is 0 Å². The van der Waals surface area contributed by atoms with Crippen LogP contribution in [0.25, 0.3) is 11.3 Å². The largest absolute Gasteiger partial charge is 0.295 e. The van der Waals surface area contributed by atoms with Crippen LogP contribution >= 0.6 is 27.5 Å². The van der Waals surface area contributed by atoms with Crippen LogP contribution < -0.4 is 4.90 Å². The van der Waals surface area contributed by atoms with Crippen molar-refractivity contribution in [2.45, 2.75) is 6.04 Å². The maximum atomic E-state index is 13.5. The highest BCUT2D eigenvalue weighted by Gasteiger charge is 2.43. The average Bonchev–Trinajstić information content (AvgIpc) is 3.34. The van der Waals surface area contributed by atoms with Gasteiger partial charge in [0.1, 0.15) is 5.69 Å². The van der Waals surface area contributed by atoms with Crippen molar-refractivity contribution in [1.82, 2.24) is 10.2 Å². The Bertz CT molecular complexity index is 1350. The van der Waals surface area contributed by atoms with Gasteiger partial charge in [-0.3, -0.25) is 24.9 Å². The van der Waals surface area contributed by atoms with Gasteiger partial charge in [-0.15, -0.1) is 0 Å². The number of aromatic amines is 1. The van der Waals surface area contributed by atoms with Crippen LogP contribution in [-0.4, -0.2) is 21.0 Å². The first-order valence-electron chi connectivity index (χ1n) is 9.61. The van der Waals surface area contributed by atoms with Gasteiger partial charge in [-0.05, 0) is 42.0 Å². The van der Waals surface area contributed by atoms with Crippen molar-refractivity contribution in [2.24, 2.45) is 0 Å². The van der Waals surface area contributed by atoms with Crippen LogP contribution in [0.4, 0.5) is 11.4 Å². The molecule has 2 heterocycles. The summed E-state index contributed by atoms with van der Waals surface area (Å²) in [5, 5.41) is 19.3. The summed E-state index contributed by atoms with van der Waals surface area (Å²) in [4.78, 5) is 26.1. The van der Waals surface area contributed by atoms with Crippen LogP contribution in [0.2, 0.25) is 5.02 Å². The molecule has 9 heteroatoms. The number of aromatic nitrogens is 2. The van der Waals surface area contributed by atoms with Gasteiger partial charge in [-0.2, -0.15) is 5.10 Å². The molecule has 0 aliphatic carbocycles. The Hall–Kier alpha value is -3.49. The minimum atomic E-state index is -0.601. The molecule has 0 saturated heterocycles. The first kappa shape index (κ1) is 20.4. The number of anilines is 1. The minimum Gasteiger partial charge on any atom is -0.295 e. The molecule has 0 saturated carbocycles. The van der Waals surface area contributed by atoms with Gasteiger partial charge in [-0.25, -0.2) is 0 Å². The zero-order valence-electron chi connectivity index (χ0n) is 16.3. The van der Waals surface area contributed by atoms with Crippen molar-refractivity contribution >= 4 is 44.8 Å². The zero-order chi connectivity index (χ0) is 22.4. The lowest BCUT2D eigenvalue weighted by atomic mass is 9.95. The number of H-pyrrole nitrogens is 1. The molecule has 0 unspecified atom stereocenters. The fourth-order valence-electron chi connectivity index (χ4n) is 3.97. The maximum Gasteiger partial charge on any atom is 0.277 e. The Morgan fingerprint density at radius 3 is 2.47 bits per heavy atom. The third-order valence-electron chi connectivity index (χ3n) is 5.39. The van der Waals surface area contributed by atoms with Crippen molar-refractivity contribution in [1.29, 1.82) is 0 Å². The second-order valence-electron chi connectivity index (χ2n) is 7.27. The molecule has 0 bridgehead atoms. The first-order chi connectivity index (χ1) is 15.4. The highest BCUT2D eigenvalue weighted by Crippen LogP contribution is 2.45. The Labute approximate surface area is 195 Å². The summed E-state index contributed by atoms with van der Waals surface area (Å²) in [5.74, 6) is -0.269. The number of carbonyl (C=O) groups is 1. The van der Waals surface area contributed by atoms with Gasteiger partial charge in [0, 0.05) is 38.4 Å². The summed E-state index contributed by atoms with van der Waals surface area (Å²) in [5.41, 5.74) is 3.67. The molecule has 5 rings (SSSR count). The number of amides is 1. The quantitative estimate of drug-likeness (QED) is 0.264. The molecule has 7 nitrogen and oxygen atoms in total. The van der Waals surface area contributed by atoms with Gasteiger partial charge in [0.05, 0.1) is 16.7 Å². The number of nitro groups is 1. The van der Waals surface area contributed by atoms with Gasteiger partial charge < -0.3 is 0 Å². The zero-order valence-corrected chi connectivity index (χ0v) is 18.7. The van der Waals surface area contributed by atoms with Crippen molar-refractivity contribution in [3.63, 3.8) is 0 Å². The van der Waals surface area contributed by atoms with Gasteiger partial charge in [0.2, 0.25) is 0 Å². The molecule has 1 aliphatic heterocycles. The number of nitrogens with zero attached hydrogens (tertiary/aromatic N) is 3. The van der Waals surface area contributed by atoms with Gasteiger partial charge in [-0.1, -0.05) is 51.8 Å². The molecule has 0 spiro atoms. The fraction of sp³-hybridized carbons (Fsp3) is 0.0435. The number of nitro benzene ring substituents is 1. The van der Waals surface area contributed by atoms with Crippen LogP contribution in [-0.2, 0) is 0 Å². The van der Waals surface area contributed by atoms with Crippen LogP contribution in [0, 0.1) is 10.1 Å². The smallest absolute Gasteiger partial charge is 0.277 e. The number of rotatable bonds is 4. The molecule has 4 aromatic rings. The lowest BCUT2D eigenvalue weighted by Gasteiger charge is -2.26. The monoisotopic (exact) mass is 508 g/mol. The number of hydrogen-bond acceptors (Lipinski definition) is 4. The molecule has 1 amide bonds. The summed E-state index contributed by atoms with van der Waals surface area (Å²) < 4.78 is 0.919. The van der Waals surface area contributed by atoms with Crippen molar-refractivity contribution in [2.75, 3.05) is 4.90 Å². The third-order valence-corrected chi connectivity index (χ3v) is 6.17. The van der Waals surface area contributed by atoms with E-state index in [0.29, 0.717) is 33.2 Å². The van der Waals surface area contributed by atoms with E-state index in [1.165, 1.54) is 12.1 Å². The molecular formula is C23H14BrClN4O3. The van der Waals surface area contributed by atoms with E-state index in [1.807, 2.05) is 24.3 Å². The number of non-ortho nitro benzene ring substituents is 1. The maximum absolute atomic E-state index is 13.5. The van der Waals surface area contributed by atoms with Gasteiger partial charge in [0.25, 0.3) is 11.6 Å². The predicted octanol–water partition coefficient (Wildman–Crippen LogP) is 6.15. The number of nitrogens with one attached hydrogen (secondary N) is 1. The SMILES string of the molecule is O=C1c2[nH]nc(-c3ccc(Br)cc3)c2[C@@H](c2cccc([N+](=O)[O-])c2)N1c1ccc(Cl)cc1. The van der Waals surface area contributed by atoms with Crippen LogP contribution in [0.15, 0.2) is 77.3 Å². The first-order valence-corrected chi connectivity index (χ1v) is 10.8. The van der Waals surface area contributed by atoms with E-state index in [1.54, 1.807) is 41.3 Å². The molecule has 0 fully saturated rings. The Morgan fingerprint density at radius 1 is 1.06 bits per heavy atom. The Kier molecular flexibility index (Phi) is 5.03. The third kappa shape index (κ3) is 3.37. The molecule has 158 valence electrons. The fourth-order valence-corrected chi connectivity index (χ4v) is 4.36. The Balaban J connectivity index is 1.73. The minimum absolute atomic E-state index is 0.0480. The molecule has 0 radical (unpaired) electrons. The van der Waals surface area contributed by atoms with E-state index in [-0.39, 0.29) is 11.6 Å². The van der Waals surface area contributed by atoms with E-state index < -0.39 is 11.0 Å². The van der Waals surface area contributed by atoms with Crippen molar-refractivity contribution in [3.8, 4) is 11.3 Å². The summed E-state index contributed by atoms with van der Waals surface area (Å²) >= 11 is 9.48. The molecule has 32 heavy (non-hydrogen) atoms. The summed E-state index contributed by atoms with van der Waals surface area (Å²) in [6, 6.07) is 20.2. The summed E-state index contributed by atoms with van der Waals surface area (Å²) in [6.07, 6.45) is 0. The second-order valence-corrected chi connectivity index (χ2v) is 8.63. The number of halogens is 2. The molecule has 3 aromatic carbocycles. The van der Waals surface area contributed by atoms with E-state index in [0.717, 1.165) is 10.0 Å². The highest BCUT2D eigenvalue weighted by molar-refractivity contribution is 9.10. The van der Waals surface area contributed by atoms with Gasteiger partial charge >= 0.3 is 0 Å². The summed E-state index contributed by atoms with van der Waals surface area (Å²) in [7, 11) is 0. The predicted molar refractivity (Wildman–Crippen MR) is 125 cm³/mol. The molecular weight excluding hydrogens is 496 g/mol. The van der Waals surface area contributed by atoms with Gasteiger partial charge in [0.15, 0.2) is 0 Å². The number of fused-ring (bicyclic) bond motifs is 1. The Morgan fingerprint density at radius 2 is 1.78 bits per heavy atom. The topological polar surface area (TPSA) is 92.1 Å². The van der Waals surface area contributed by atoms with E-state index in [2.05, 4.69) is 26.1 Å². The lowest BCUT2D eigenvalue weighted by Crippen LogP contribution is -2.29. The number of hydrogen-bond donors (Lipinski definition) is 1. The standard InChI is InChI=1S/C23H14BrClN4O3/c24-15-6-4-13(5-7-15)20-19-21(27-26-20)23(30)28(17-10-8-16(25)9-11-17)22(19)14-2-1-3-18(12-14)29(31)32/h1-12,22H,(H,26,27)/t22-/m1/s1. The van der Waals surface area contributed by atoms with Crippen molar-refractivity contribution < 1.29 is 9.72 Å². The number of carbonyl (C=O) groups excluding carboxylic acids is 1. The van der Waals surface area contributed by atoms with Crippen molar-refractivity contribution in [3.05, 3.63) is 109 Å². The lowest BCUT2D eigenvalue weighted by molar-refractivity contribution is -0.384. The van der Waals surface area contributed by atoms with Crippen LogP contribution in [0.5, 0.6) is 0 Å².